The highest BCUT2D eigenvalue weighted by Crippen LogP contribution is 2.35. The lowest BCUT2D eigenvalue weighted by Crippen LogP contribution is -2.23. The van der Waals surface area contributed by atoms with Gasteiger partial charge in [0.25, 0.3) is 5.89 Å². The van der Waals surface area contributed by atoms with E-state index in [1.807, 2.05) is 0 Å². The maximum Gasteiger partial charge on any atom is 0.283 e. The fourth-order valence-corrected chi connectivity index (χ4v) is 2.64. The Morgan fingerprint density at radius 1 is 1.25 bits per heavy atom. The molecule has 0 unspecified atom stereocenters. The average Bonchev–Trinajstić information content (AvgIpc) is 3.26. The van der Waals surface area contributed by atoms with Crippen LogP contribution >= 0.6 is 0 Å². The summed E-state index contributed by atoms with van der Waals surface area (Å²) in [5.74, 6) is 3.41. The third kappa shape index (κ3) is 3.09. The van der Waals surface area contributed by atoms with E-state index in [1.54, 1.807) is 18.4 Å². The number of nitrogens with zero attached hydrogens (tertiary/aromatic N) is 5. The van der Waals surface area contributed by atoms with E-state index in [4.69, 9.17) is 13.4 Å². The third-order valence-corrected chi connectivity index (χ3v) is 4.31. The topological polar surface area (TPSA) is 94.2 Å². The fraction of sp³-hybridized carbons (Fsp3) is 0.500. The Morgan fingerprint density at radius 3 is 2.88 bits per heavy atom. The lowest BCUT2D eigenvalue weighted by molar-refractivity contribution is 0.233. The predicted molar refractivity (Wildman–Crippen MR) is 82.7 cm³/mol. The fourth-order valence-electron chi connectivity index (χ4n) is 2.64. The van der Waals surface area contributed by atoms with Gasteiger partial charge in [-0.2, -0.15) is 4.98 Å². The summed E-state index contributed by atoms with van der Waals surface area (Å²) in [5, 5.41) is 12.2. The summed E-state index contributed by atoms with van der Waals surface area (Å²) in [6.45, 7) is 3.99. The van der Waals surface area contributed by atoms with Crippen molar-refractivity contribution >= 4 is 0 Å². The summed E-state index contributed by atoms with van der Waals surface area (Å²) in [6, 6.07) is 3.57. The van der Waals surface area contributed by atoms with Crippen LogP contribution in [0.25, 0.3) is 11.7 Å². The Labute approximate surface area is 138 Å². The van der Waals surface area contributed by atoms with Crippen molar-refractivity contribution in [2.45, 2.75) is 45.2 Å². The van der Waals surface area contributed by atoms with Crippen LogP contribution in [-0.2, 0) is 13.1 Å². The van der Waals surface area contributed by atoms with Gasteiger partial charge in [-0.3, -0.25) is 4.90 Å². The molecule has 126 valence electrons. The molecule has 8 nitrogen and oxygen atoms in total. The molecule has 3 aromatic rings. The van der Waals surface area contributed by atoms with Crippen molar-refractivity contribution in [2.24, 2.45) is 0 Å². The van der Waals surface area contributed by atoms with Crippen molar-refractivity contribution in [3.05, 3.63) is 36.0 Å². The van der Waals surface area contributed by atoms with Crippen molar-refractivity contribution in [1.29, 1.82) is 0 Å². The van der Waals surface area contributed by atoms with E-state index in [0.717, 1.165) is 25.3 Å². The zero-order chi connectivity index (χ0) is 16.4. The van der Waals surface area contributed by atoms with Gasteiger partial charge in [0.15, 0.2) is 11.6 Å². The van der Waals surface area contributed by atoms with Gasteiger partial charge in [-0.05, 0) is 31.5 Å². The van der Waals surface area contributed by atoms with Gasteiger partial charge in [-0.15, -0.1) is 10.2 Å². The van der Waals surface area contributed by atoms with E-state index in [9.17, 15) is 0 Å². The second-order valence-electron chi connectivity index (χ2n) is 5.96. The van der Waals surface area contributed by atoms with Gasteiger partial charge in [0.1, 0.15) is 0 Å². The maximum absolute atomic E-state index is 5.65. The number of aromatic nitrogens is 4. The summed E-state index contributed by atoms with van der Waals surface area (Å²) in [7, 11) is 0. The Balaban J connectivity index is 1.39. The molecule has 0 saturated heterocycles. The summed E-state index contributed by atoms with van der Waals surface area (Å²) >= 11 is 0. The van der Waals surface area contributed by atoms with Crippen LogP contribution in [-0.4, -0.2) is 31.8 Å². The zero-order valence-corrected chi connectivity index (χ0v) is 13.5. The van der Waals surface area contributed by atoms with Crippen LogP contribution in [0.15, 0.2) is 31.8 Å². The molecule has 0 aromatic carbocycles. The molecular formula is C16H19N5O3. The Morgan fingerprint density at radius 2 is 2.17 bits per heavy atom. The quantitative estimate of drug-likeness (QED) is 0.653. The highest BCUT2D eigenvalue weighted by atomic mass is 16.5. The van der Waals surface area contributed by atoms with Crippen LogP contribution in [0, 0.1) is 0 Å². The highest BCUT2D eigenvalue weighted by molar-refractivity contribution is 5.42. The first-order valence-corrected chi connectivity index (χ1v) is 8.23. The van der Waals surface area contributed by atoms with Gasteiger partial charge in [0, 0.05) is 5.92 Å². The molecule has 24 heavy (non-hydrogen) atoms. The predicted octanol–water partition coefficient (Wildman–Crippen LogP) is 3.00. The van der Waals surface area contributed by atoms with E-state index >= 15 is 0 Å². The summed E-state index contributed by atoms with van der Waals surface area (Å²) in [5.41, 5.74) is 0. The molecule has 0 spiro atoms. The Hall–Kier alpha value is -2.48. The van der Waals surface area contributed by atoms with Gasteiger partial charge in [-0.1, -0.05) is 18.5 Å². The van der Waals surface area contributed by atoms with Crippen molar-refractivity contribution in [2.75, 3.05) is 6.54 Å². The van der Waals surface area contributed by atoms with Crippen LogP contribution in [0.2, 0.25) is 0 Å². The molecule has 1 saturated carbocycles. The van der Waals surface area contributed by atoms with Crippen molar-refractivity contribution in [3.63, 3.8) is 0 Å². The van der Waals surface area contributed by atoms with E-state index in [-0.39, 0.29) is 0 Å². The molecule has 0 atom stereocenters. The molecule has 8 heteroatoms. The molecule has 3 aromatic heterocycles. The van der Waals surface area contributed by atoms with E-state index in [2.05, 4.69) is 32.2 Å². The smallest absolute Gasteiger partial charge is 0.283 e. The van der Waals surface area contributed by atoms with E-state index < -0.39 is 0 Å². The largest absolute Gasteiger partial charge is 0.459 e. The first-order chi connectivity index (χ1) is 11.8. The zero-order valence-electron chi connectivity index (χ0n) is 13.5. The minimum atomic E-state index is 0.387. The lowest BCUT2D eigenvalue weighted by atomic mass is 9.85. The van der Waals surface area contributed by atoms with Crippen LogP contribution in [0.4, 0.5) is 0 Å². The number of rotatable bonds is 7. The maximum atomic E-state index is 5.65. The highest BCUT2D eigenvalue weighted by Gasteiger charge is 2.25. The lowest BCUT2D eigenvalue weighted by Gasteiger charge is -2.20. The normalized spacial score (nSPS) is 15.1. The first-order valence-electron chi connectivity index (χ1n) is 8.23. The van der Waals surface area contributed by atoms with Crippen molar-refractivity contribution in [1.82, 2.24) is 25.2 Å². The van der Waals surface area contributed by atoms with Crippen LogP contribution in [0.5, 0.6) is 0 Å². The first kappa shape index (κ1) is 15.1. The number of hydrogen-bond acceptors (Lipinski definition) is 8. The van der Waals surface area contributed by atoms with E-state index in [1.165, 1.54) is 6.42 Å². The van der Waals surface area contributed by atoms with Gasteiger partial charge in [-0.25, -0.2) is 0 Å². The third-order valence-electron chi connectivity index (χ3n) is 4.31. The SMILES string of the molecule is CCN(Cc1noc(C2CCC2)n1)Cc1nnc(-c2ccco2)o1. The van der Waals surface area contributed by atoms with Gasteiger partial charge >= 0.3 is 0 Å². The summed E-state index contributed by atoms with van der Waals surface area (Å²) in [6.07, 6.45) is 5.12. The summed E-state index contributed by atoms with van der Waals surface area (Å²) < 4.78 is 16.3. The molecular weight excluding hydrogens is 310 g/mol. The minimum Gasteiger partial charge on any atom is -0.459 e. The van der Waals surface area contributed by atoms with Gasteiger partial charge in [0.05, 0.1) is 19.4 Å². The van der Waals surface area contributed by atoms with Crippen molar-refractivity contribution in [3.8, 4) is 11.7 Å². The van der Waals surface area contributed by atoms with Crippen LogP contribution in [0.3, 0.4) is 0 Å². The molecule has 0 aliphatic heterocycles. The molecule has 1 aliphatic rings. The van der Waals surface area contributed by atoms with Gasteiger partial charge in [0.2, 0.25) is 11.8 Å². The number of hydrogen-bond donors (Lipinski definition) is 0. The Kier molecular flexibility index (Phi) is 4.12. The molecule has 0 bridgehead atoms. The molecule has 0 N–H and O–H groups in total. The van der Waals surface area contributed by atoms with Gasteiger partial charge < -0.3 is 13.4 Å². The second-order valence-corrected chi connectivity index (χ2v) is 5.96. The summed E-state index contributed by atoms with van der Waals surface area (Å²) in [4.78, 5) is 6.63. The van der Waals surface area contributed by atoms with Crippen LogP contribution in [0.1, 0.15) is 49.7 Å². The van der Waals surface area contributed by atoms with E-state index in [0.29, 0.717) is 42.4 Å². The van der Waals surface area contributed by atoms with Crippen LogP contribution < -0.4 is 0 Å². The monoisotopic (exact) mass is 329 g/mol. The molecule has 4 rings (SSSR count). The second kappa shape index (κ2) is 6.56. The molecule has 3 heterocycles. The molecule has 0 radical (unpaired) electrons. The Bertz CT molecular complexity index is 775. The molecule has 1 fully saturated rings. The molecule has 0 amide bonds. The van der Waals surface area contributed by atoms with Crippen molar-refractivity contribution < 1.29 is 13.4 Å². The minimum absolute atomic E-state index is 0.387. The standard InChI is InChI=1S/C16H19N5O3/c1-2-21(9-13-17-15(24-20-13)11-5-3-6-11)10-14-18-19-16(23-14)12-7-4-8-22-12/h4,7-8,11H,2-3,5-6,9-10H2,1H3. The average molecular weight is 329 g/mol. The molecule has 1 aliphatic carbocycles. The number of furan rings is 1.